The molecule has 1 aliphatic heterocycles. The largest absolute Gasteiger partial charge is 0.297 e. The van der Waals surface area contributed by atoms with Crippen molar-refractivity contribution in [3.63, 3.8) is 0 Å². The highest BCUT2D eigenvalue weighted by atomic mass is 35.5. The average molecular weight is 394 g/mol. The van der Waals surface area contributed by atoms with Crippen molar-refractivity contribution in [2.45, 2.75) is 25.1 Å². The minimum absolute atomic E-state index is 0.0112. The molecule has 140 valence electrons. The third kappa shape index (κ3) is 6.06. The summed E-state index contributed by atoms with van der Waals surface area (Å²) in [6, 6.07) is 12.9. The van der Waals surface area contributed by atoms with Crippen LogP contribution in [-0.2, 0) is 22.3 Å². The minimum Gasteiger partial charge on any atom is -0.297 e. The number of sulfonamides is 1. The lowest BCUT2D eigenvalue weighted by molar-refractivity contribution is 0.177. The van der Waals surface area contributed by atoms with Crippen molar-refractivity contribution < 1.29 is 8.42 Å². The Kier molecular flexibility index (Phi) is 6.64. The molecule has 1 aromatic carbocycles. The highest BCUT2D eigenvalue weighted by molar-refractivity contribution is 7.88. The van der Waals surface area contributed by atoms with Crippen LogP contribution >= 0.6 is 11.6 Å². The van der Waals surface area contributed by atoms with Crippen molar-refractivity contribution in [2.24, 2.45) is 5.92 Å². The number of halogens is 1. The number of nitrogens with one attached hydrogen (secondary N) is 1. The van der Waals surface area contributed by atoms with Crippen LogP contribution in [-0.4, -0.2) is 37.9 Å². The molecule has 0 bridgehead atoms. The van der Waals surface area contributed by atoms with Crippen LogP contribution in [0, 0.1) is 5.92 Å². The van der Waals surface area contributed by atoms with E-state index in [1.54, 1.807) is 24.3 Å². The molecule has 0 unspecified atom stereocenters. The predicted molar refractivity (Wildman–Crippen MR) is 104 cm³/mol. The van der Waals surface area contributed by atoms with E-state index in [-0.39, 0.29) is 5.75 Å². The number of benzene rings is 1. The summed E-state index contributed by atoms with van der Waals surface area (Å²) in [4.78, 5) is 6.74. The lowest BCUT2D eigenvalue weighted by Gasteiger charge is -2.31. The van der Waals surface area contributed by atoms with E-state index < -0.39 is 10.0 Å². The molecule has 7 heteroatoms. The SMILES string of the molecule is O=S(=O)(Cc1ccc(Cl)cc1)NCC1CCN(Cc2ccccn2)CC1. The normalized spacial score (nSPS) is 16.7. The van der Waals surface area contributed by atoms with E-state index in [0.29, 0.717) is 17.5 Å². The van der Waals surface area contributed by atoms with E-state index in [9.17, 15) is 8.42 Å². The Labute approximate surface area is 160 Å². The summed E-state index contributed by atoms with van der Waals surface area (Å²) in [6.45, 7) is 3.31. The van der Waals surface area contributed by atoms with Crippen molar-refractivity contribution >= 4 is 21.6 Å². The van der Waals surface area contributed by atoms with Gasteiger partial charge in [0.2, 0.25) is 10.0 Å². The highest BCUT2D eigenvalue weighted by Gasteiger charge is 2.21. The van der Waals surface area contributed by atoms with Gasteiger partial charge in [-0.3, -0.25) is 9.88 Å². The molecule has 2 heterocycles. The van der Waals surface area contributed by atoms with Crippen LogP contribution in [0.4, 0.5) is 0 Å². The second-order valence-corrected chi connectivity index (χ2v) is 9.02. The molecule has 26 heavy (non-hydrogen) atoms. The van der Waals surface area contributed by atoms with Gasteiger partial charge in [-0.25, -0.2) is 13.1 Å². The van der Waals surface area contributed by atoms with Gasteiger partial charge in [0.1, 0.15) is 0 Å². The Balaban J connectivity index is 1.42. The van der Waals surface area contributed by atoms with E-state index in [1.807, 2.05) is 24.4 Å². The van der Waals surface area contributed by atoms with Crippen LogP contribution in [0.2, 0.25) is 5.02 Å². The molecule has 1 N–H and O–H groups in total. The van der Waals surface area contributed by atoms with Gasteiger partial charge in [-0.05, 0) is 61.7 Å². The first-order valence-electron chi connectivity index (χ1n) is 8.84. The lowest BCUT2D eigenvalue weighted by atomic mass is 9.97. The van der Waals surface area contributed by atoms with Gasteiger partial charge in [-0.1, -0.05) is 29.8 Å². The van der Waals surface area contributed by atoms with Crippen molar-refractivity contribution in [1.29, 1.82) is 0 Å². The van der Waals surface area contributed by atoms with Crippen LogP contribution in [0.1, 0.15) is 24.1 Å². The smallest absolute Gasteiger partial charge is 0.215 e. The molecule has 1 saturated heterocycles. The van der Waals surface area contributed by atoms with Gasteiger partial charge < -0.3 is 0 Å². The number of nitrogens with zero attached hydrogens (tertiary/aromatic N) is 2. The van der Waals surface area contributed by atoms with Crippen LogP contribution in [0.5, 0.6) is 0 Å². The molecule has 1 fully saturated rings. The van der Waals surface area contributed by atoms with Gasteiger partial charge in [0.05, 0.1) is 11.4 Å². The monoisotopic (exact) mass is 393 g/mol. The van der Waals surface area contributed by atoms with Crippen LogP contribution < -0.4 is 4.72 Å². The fourth-order valence-electron chi connectivity index (χ4n) is 3.17. The Hall–Kier alpha value is -1.47. The summed E-state index contributed by atoms with van der Waals surface area (Å²) in [7, 11) is -3.33. The number of pyridine rings is 1. The quantitative estimate of drug-likeness (QED) is 0.785. The zero-order valence-electron chi connectivity index (χ0n) is 14.6. The average Bonchev–Trinajstić information content (AvgIpc) is 2.64. The number of hydrogen-bond acceptors (Lipinski definition) is 4. The van der Waals surface area contributed by atoms with Crippen LogP contribution in [0.3, 0.4) is 0 Å². The molecular weight excluding hydrogens is 370 g/mol. The maximum Gasteiger partial charge on any atom is 0.215 e. The van der Waals surface area contributed by atoms with Crippen molar-refractivity contribution in [3.05, 3.63) is 64.9 Å². The maximum atomic E-state index is 12.3. The van der Waals surface area contributed by atoms with E-state index in [2.05, 4.69) is 14.6 Å². The Morgan fingerprint density at radius 3 is 2.50 bits per heavy atom. The second-order valence-electron chi connectivity index (χ2n) is 6.77. The first kappa shape index (κ1) is 19.3. The molecule has 2 aromatic rings. The standard InChI is InChI=1S/C19H24ClN3O2S/c20-18-6-4-17(5-7-18)15-26(24,25)22-13-16-8-11-23(12-9-16)14-19-3-1-2-10-21-19/h1-7,10,16,22H,8-9,11-15H2. The number of likely N-dealkylation sites (tertiary alicyclic amines) is 1. The van der Waals surface area contributed by atoms with Gasteiger partial charge in [0, 0.05) is 24.3 Å². The molecule has 0 radical (unpaired) electrons. The third-order valence-electron chi connectivity index (χ3n) is 4.68. The van der Waals surface area contributed by atoms with Gasteiger partial charge in [-0.15, -0.1) is 0 Å². The van der Waals surface area contributed by atoms with Crippen molar-refractivity contribution in [3.8, 4) is 0 Å². The molecule has 5 nitrogen and oxygen atoms in total. The first-order valence-corrected chi connectivity index (χ1v) is 10.9. The van der Waals surface area contributed by atoms with Crippen LogP contribution in [0.15, 0.2) is 48.7 Å². The van der Waals surface area contributed by atoms with Gasteiger partial charge >= 0.3 is 0 Å². The summed E-state index contributed by atoms with van der Waals surface area (Å²) in [6.07, 6.45) is 3.81. The molecule has 0 saturated carbocycles. The summed E-state index contributed by atoms with van der Waals surface area (Å²) in [5.74, 6) is 0.373. The van der Waals surface area contributed by atoms with Gasteiger partial charge in [0.25, 0.3) is 0 Å². The Bertz CT molecular complexity index is 789. The molecule has 0 aliphatic carbocycles. The lowest BCUT2D eigenvalue weighted by Crippen LogP contribution is -2.38. The molecule has 0 atom stereocenters. The van der Waals surface area contributed by atoms with Crippen molar-refractivity contribution in [1.82, 2.24) is 14.6 Å². The predicted octanol–water partition coefficient (Wildman–Crippen LogP) is 3.07. The second kappa shape index (κ2) is 8.95. The van der Waals surface area contributed by atoms with E-state index in [4.69, 9.17) is 11.6 Å². The topological polar surface area (TPSA) is 62.3 Å². The summed E-state index contributed by atoms with van der Waals surface area (Å²) >= 11 is 5.84. The zero-order valence-corrected chi connectivity index (χ0v) is 16.2. The molecule has 3 rings (SSSR count). The zero-order chi connectivity index (χ0) is 18.4. The van der Waals surface area contributed by atoms with E-state index >= 15 is 0 Å². The molecule has 0 amide bonds. The molecule has 1 aromatic heterocycles. The van der Waals surface area contributed by atoms with E-state index in [0.717, 1.165) is 43.7 Å². The van der Waals surface area contributed by atoms with Crippen LogP contribution in [0.25, 0.3) is 0 Å². The molecule has 0 spiro atoms. The number of aromatic nitrogens is 1. The van der Waals surface area contributed by atoms with Gasteiger partial charge in [-0.2, -0.15) is 0 Å². The Morgan fingerprint density at radius 2 is 1.85 bits per heavy atom. The first-order chi connectivity index (χ1) is 12.5. The molecular formula is C19H24ClN3O2S. The third-order valence-corrected chi connectivity index (χ3v) is 6.25. The fraction of sp³-hybridized carbons (Fsp3) is 0.421. The summed E-state index contributed by atoms with van der Waals surface area (Å²) in [5, 5.41) is 0.608. The summed E-state index contributed by atoms with van der Waals surface area (Å²) < 4.78 is 27.3. The highest BCUT2D eigenvalue weighted by Crippen LogP contribution is 2.18. The number of piperidine rings is 1. The number of hydrogen-bond donors (Lipinski definition) is 1. The molecule has 1 aliphatic rings. The van der Waals surface area contributed by atoms with E-state index in [1.165, 1.54) is 0 Å². The maximum absolute atomic E-state index is 12.3. The number of rotatable bonds is 7. The summed E-state index contributed by atoms with van der Waals surface area (Å²) in [5.41, 5.74) is 1.82. The minimum atomic E-state index is -3.33. The fourth-order valence-corrected chi connectivity index (χ4v) is 4.51. The van der Waals surface area contributed by atoms with Crippen molar-refractivity contribution in [2.75, 3.05) is 19.6 Å². The Morgan fingerprint density at radius 1 is 1.12 bits per heavy atom. The van der Waals surface area contributed by atoms with Gasteiger partial charge in [0.15, 0.2) is 0 Å².